The number of hydrogen-bond acceptors (Lipinski definition) is 7. The van der Waals surface area contributed by atoms with Crippen LogP contribution < -0.4 is 9.64 Å². The van der Waals surface area contributed by atoms with Crippen LogP contribution in [-0.4, -0.2) is 66.8 Å². The Kier molecular flexibility index (Phi) is 8.69. The van der Waals surface area contributed by atoms with Crippen molar-refractivity contribution in [3.8, 4) is 23.1 Å². The molecule has 3 aromatic rings. The Morgan fingerprint density at radius 2 is 1.85 bits per heavy atom. The van der Waals surface area contributed by atoms with Crippen molar-refractivity contribution in [3.05, 3.63) is 71.7 Å². The van der Waals surface area contributed by atoms with E-state index in [9.17, 15) is 10.1 Å². The number of benzene rings is 2. The number of anilines is 1. The maximum atomic E-state index is 11.5. The number of amides is 1. The van der Waals surface area contributed by atoms with E-state index in [4.69, 9.17) is 14.5 Å². The van der Waals surface area contributed by atoms with Gasteiger partial charge in [-0.3, -0.25) is 4.79 Å². The van der Waals surface area contributed by atoms with Crippen LogP contribution in [0.15, 0.2) is 54.7 Å². The Morgan fingerprint density at radius 3 is 2.56 bits per heavy atom. The lowest BCUT2D eigenvalue weighted by Crippen LogP contribution is -2.37. The lowest BCUT2D eigenvalue weighted by molar-refractivity contribution is -0.130. The van der Waals surface area contributed by atoms with Gasteiger partial charge >= 0.3 is 0 Å². The van der Waals surface area contributed by atoms with Crippen LogP contribution in [0.25, 0.3) is 11.3 Å². The zero-order valence-electron chi connectivity index (χ0n) is 22.5. The number of carbonyl (C=O) groups excluding carboxylic acids is 1. The van der Waals surface area contributed by atoms with Crippen molar-refractivity contribution in [2.75, 3.05) is 50.9 Å². The molecule has 1 amide bonds. The third-order valence-electron chi connectivity index (χ3n) is 7.62. The van der Waals surface area contributed by atoms with Gasteiger partial charge in [0.2, 0.25) is 5.91 Å². The van der Waals surface area contributed by atoms with Gasteiger partial charge < -0.3 is 19.3 Å². The van der Waals surface area contributed by atoms with Gasteiger partial charge in [-0.2, -0.15) is 5.26 Å². The third-order valence-corrected chi connectivity index (χ3v) is 7.62. The Balaban J connectivity index is 1.18. The molecule has 2 aliphatic rings. The molecule has 0 radical (unpaired) electrons. The minimum absolute atomic E-state index is 0.150. The van der Waals surface area contributed by atoms with Crippen LogP contribution in [0.5, 0.6) is 5.75 Å². The van der Waals surface area contributed by atoms with Gasteiger partial charge in [0.25, 0.3) is 0 Å². The third kappa shape index (κ3) is 6.92. The standard InChI is InChI=1S/C31H35N5O3/c1-23(37)35-13-9-24(10-14-35)11-17-39-30-7-4-26(21-27(30)22-32)29-8-12-33-31(34-29)20-25-2-5-28(6-3-25)36-15-18-38-19-16-36/h2-8,12,21,24H,9-11,13-20H2,1H3. The lowest BCUT2D eigenvalue weighted by atomic mass is 9.94. The summed E-state index contributed by atoms with van der Waals surface area (Å²) >= 11 is 0. The van der Waals surface area contributed by atoms with Crippen LogP contribution >= 0.6 is 0 Å². The number of rotatable bonds is 8. The highest BCUT2D eigenvalue weighted by atomic mass is 16.5. The van der Waals surface area contributed by atoms with E-state index in [-0.39, 0.29) is 5.91 Å². The molecule has 1 aromatic heterocycles. The van der Waals surface area contributed by atoms with Crippen molar-refractivity contribution < 1.29 is 14.3 Å². The maximum Gasteiger partial charge on any atom is 0.219 e. The Morgan fingerprint density at radius 1 is 1.08 bits per heavy atom. The van der Waals surface area contributed by atoms with Gasteiger partial charge in [-0.1, -0.05) is 12.1 Å². The van der Waals surface area contributed by atoms with Crippen molar-refractivity contribution >= 4 is 11.6 Å². The molecule has 202 valence electrons. The normalized spacial score (nSPS) is 16.1. The molecule has 8 heteroatoms. The number of nitrogens with zero attached hydrogens (tertiary/aromatic N) is 5. The van der Waals surface area contributed by atoms with Gasteiger partial charge in [0, 0.05) is 57.0 Å². The second-order valence-corrected chi connectivity index (χ2v) is 10.2. The summed E-state index contributed by atoms with van der Waals surface area (Å²) in [5.74, 6) is 2.02. The predicted octanol–water partition coefficient (Wildman–Crippen LogP) is 4.47. The number of hydrogen-bond donors (Lipinski definition) is 0. The molecule has 8 nitrogen and oxygen atoms in total. The van der Waals surface area contributed by atoms with Gasteiger partial charge in [-0.05, 0) is 67.1 Å². The second kappa shape index (κ2) is 12.7. The molecular formula is C31H35N5O3. The number of carbonyl (C=O) groups is 1. The Hall–Kier alpha value is -3.96. The monoisotopic (exact) mass is 525 g/mol. The molecular weight excluding hydrogens is 490 g/mol. The average Bonchev–Trinajstić information content (AvgIpc) is 2.98. The van der Waals surface area contributed by atoms with E-state index in [0.29, 0.717) is 30.3 Å². The zero-order valence-corrected chi connectivity index (χ0v) is 22.5. The molecule has 0 spiro atoms. The number of piperidine rings is 1. The van der Waals surface area contributed by atoms with Crippen LogP contribution in [-0.2, 0) is 16.0 Å². The molecule has 2 fully saturated rings. The smallest absolute Gasteiger partial charge is 0.219 e. The molecule has 2 saturated heterocycles. The summed E-state index contributed by atoms with van der Waals surface area (Å²) in [6, 6.07) is 18.4. The van der Waals surface area contributed by atoms with Crippen molar-refractivity contribution in [2.45, 2.75) is 32.6 Å². The van der Waals surface area contributed by atoms with E-state index < -0.39 is 0 Å². The quantitative estimate of drug-likeness (QED) is 0.429. The molecule has 0 atom stereocenters. The number of morpholine rings is 1. The summed E-state index contributed by atoms with van der Waals surface area (Å²) in [4.78, 5) is 25.0. The van der Waals surface area contributed by atoms with E-state index in [2.05, 4.69) is 40.2 Å². The summed E-state index contributed by atoms with van der Waals surface area (Å²) in [6.07, 6.45) is 5.33. The maximum absolute atomic E-state index is 11.5. The van der Waals surface area contributed by atoms with Crippen LogP contribution in [0.2, 0.25) is 0 Å². The number of aromatic nitrogens is 2. The lowest BCUT2D eigenvalue weighted by Gasteiger charge is -2.31. The number of ether oxygens (including phenoxy) is 2. The summed E-state index contributed by atoms with van der Waals surface area (Å²) in [5.41, 5.74) is 4.50. The SMILES string of the molecule is CC(=O)N1CCC(CCOc2ccc(-c3ccnc(Cc4ccc(N5CCOCC5)cc4)n3)cc2C#N)CC1. The molecule has 0 saturated carbocycles. The van der Waals surface area contributed by atoms with Crippen LogP contribution in [0.4, 0.5) is 5.69 Å². The van der Waals surface area contributed by atoms with Crippen LogP contribution in [0.1, 0.15) is 43.1 Å². The van der Waals surface area contributed by atoms with E-state index in [1.54, 1.807) is 13.1 Å². The van der Waals surface area contributed by atoms with Crippen molar-refractivity contribution in [1.29, 1.82) is 5.26 Å². The van der Waals surface area contributed by atoms with Crippen molar-refractivity contribution in [3.63, 3.8) is 0 Å². The first-order chi connectivity index (χ1) is 19.1. The van der Waals surface area contributed by atoms with Crippen LogP contribution in [0.3, 0.4) is 0 Å². The van der Waals surface area contributed by atoms with Crippen LogP contribution in [0, 0.1) is 17.2 Å². The van der Waals surface area contributed by atoms with E-state index >= 15 is 0 Å². The van der Waals surface area contributed by atoms with Gasteiger partial charge in [0.05, 0.1) is 31.1 Å². The largest absolute Gasteiger partial charge is 0.492 e. The highest BCUT2D eigenvalue weighted by Crippen LogP contribution is 2.27. The fraction of sp³-hybridized carbons (Fsp3) is 0.419. The highest BCUT2D eigenvalue weighted by molar-refractivity contribution is 5.73. The molecule has 0 unspecified atom stereocenters. The fourth-order valence-electron chi connectivity index (χ4n) is 5.25. The summed E-state index contributed by atoms with van der Waals surface area (Å²) in [5, 5.41) is 9.77. The number of nitriles is 1. The molecule has 39 heavy (non-hydrogen) atoms. The molecule has 5 rings (SSSR count). The molecule has 0 aliphatic carbocycles. The average molecular weight is 526 g/mol. The minimum atomic E-state index is 0.150. The molecule has 2 aromatic carbocycles. The predicted molar refractivity (Wildman–Crippen MR) is 150 cm³/mol. The fourth-order valence-corrected chi connectivity index (χ4v) is 5.25. The van der Waals surface area contributed by atoms with Gasteiger partial charge in [-0.25, -0.2) is 9.97 Å². The van der Waals surface area contributed by atoms with E-state index in [1.807, 2.05) is 29.2 Å². The van der Waals surface area contributed by atoms with E-state index in [1.165, 1.54) is 5.69 Å². The molecule has 0 bridgehead atoms. The zero-order chi connectivity index (χ0) is 27.0. The van der Waals surface area contributed by atoms with Gasteiger partial charge in [-0.15, -0.1) is 0 Å². The van der Waals surface area contributed by atoms with E-state index in [0.717, 1.165) is 81.3 Å². The minimum Gasteiger partial charge on any atom is -0.492 e. The highest BCUT2D eigenvalue weighted by Gasteiger charge is 2.21. The molecule has 0 N–H and O–H groups in total. The summed E-state index contributed by atoms with van der Waals surface area (Å²) < 4.78 is 11.5. The topological polar surface area (TPSA) is 91.6 Å². The first-order valence-corrected chi connectivity index (χ1v) is 13.8. The van der Waals surface area contributed by atoms with Gasteiger partial charge in [0.1, 0.15) is 17.6 Å². The van der Waals surface area contributed by atoms with Crippen molar-refractivity contribution in [2.24, 2.45) is 5.92 Å². The number of likely N-dealkylation sites (tertiary alicyclic amines) is 1. The Bertz CT molecular complexity index is 1310. The summed E-state index contributed by atoms with van der Waals surface area (Å²) in [7, 11) is 0. The Labute approximate surface area is 230 Å². The molecule has 2 aliphatic heterocycles. The second-order valence-electron chi connectivity index (χ2n) is 10.2. The summed E-state index contributed by atoms with van der Waals surface area (Å²) in [6.45, 7) is 7.20. The first kappa shape index (κ1) is 26.6. The molecule has 3 heterocycles. The van der Waals surface area contributed by atoms with Gasteiger partial charge in [0.15, 0.2) is 0 Å². The van der Waals surface area contributed by atoms with Crippen molar-refractivity contribution in [1.82, 2.24) is 14.9 Å². The first-order valence-electron chi connectivity index (χ1n) is 13.8.